The van der Waals surface area contributed by atoms with E-state index in [1.165, 1.54) is 0 Å². The van der Waals surface area contributed by atoms with Gasteiger partial charge in [-0.2, -0.15) is 0 Å². The fourth-order valence-electron chi connectivity index (χ4n) is 2.33. The number of hydrogen-bond acceptors (Lipinski definition) is 2. The molecule has 0 saturated heterocycles. The Bertz CT molecular complexity index is 506. The van der Waals surface area contributed by atoms with Crippen LogP contribution in [0.1, 0.15) is 28.8 Å². The van der Waals surface area contributed by atoms with Crippen molar-refractivity contribution in [1.29, 1.82) is 0 Å². The van der Waals surface area contributed by atoms with E-state index in [2.05, 4.69) is 0 Å². The summed E-state index contributed by atoms with van der Waals surface area (Å²) in [6.07, 6.45) is 2.85. The van der Waals surface area contributed by atoms with E-state index in [1.54, 1.807) is 12.1 Å². The molecule has 1 aromatic carbocycles. The van der Waals surface area contributed by atoms with E-state index in [4.69, 9.17) is 5.73 Å². The number of carbonyl (C=O) groups is 2. The van der Waals surface area contributed by atoms with Crippen molar-refractivity contribution in [3.63, 3.8) is 0 Å². The van der Waals surface area contributed by atoms with Gasteiger partial charge < -0.3 is 10.6 Å². The van der Waals surface area contributed by atoms with Crippen LogP contribution < -0.4 is 10.6 Å². The zero-order chi connectivity index (χ0) is 12.0. The van der Waals surface area contributed by atoms with Crippen LogP contribution in [0.25, 0.3) is 0 Å². The number of anilines is 1. The van der Waals surface area contributed by atoms with Gasteiger partial charge in [0.05, 0.1) is 0 Å². The van der Waals surface area contributed by atoms with Crippen LogP contribution in [0.4, 0.5) is 5.69 Å². The van der Waals surface area contributed by atoms with Crippen molar-refractivity contribution in [2.45, 2.75) is 19.3 Å². The van der Waals surface area contributed by atoms with Crippen LogP contribution in [0.3, 0.4) is 0 Å². The van der Waals surface area contributed by atoms with E-state index in [0.29, 0.717) is 5.56 Å². The number of primary amides is 1. The quantitative estimate of drug-likeness (QED) is 0.826. The van der Waals surface area contributed by atoms with Crippen LogP contribution in [0, 0.1) is 5.92 Å². The highest BCUT2D eigenvalue weighted by Crippen LogP contribution is 2.36. The lowest BCUT2D eigenvalue weighted by atomic mass is 10.1. The third-order valence-electron chi connectivity index (χ3n) is 3.45. The molecule has 1 aromatic rings. The molecule has 1 aliphatic heterocycles. The lowest BCUT2D eigenvalue weighted by Crippen LogP contribution is -2.30. The summed E-state index contributed by atoms with van der Waals surface area (Å²) in [5.41, 5.74) is 7.76. The van der Waals surface area contributed by atoms with Gasteiger partial charge in [0.2, 0.25) is 11.8 Å². The molecule has 0 unspecified atom stereocenters. The number of nitrogens with two attached hydrogens (primary N) is 1. The minimum Gasteiger partial charge on any atom is -0.366 e. The molecule has 1 heterocycles. The Hall–Kier alpha value is -1.84. The number of amides is 2. The average Bonchev–Trinajstić information content (AvgIpc) is 3.07. The molecule has 1 aliphatic carbocycles. The Kier molecular flexibility index (Phi) is 2.18. The summed E-state index contributed by atoms with van der Waals surface area (Å²) in [4.78, 5) is 24.9. The second-order valence-corrected chi connectivity index (χ2v) is 4.72. The first-order valence-electron chi connectivity index (χ1n) is 5.91. The molecule has 0 radical (unpaired) electrons. The van der Waals surface area contributed by atoms with Gasteiger partial charge in [-0.25, -0.2) is 0 Å². The molecule has 1 fully saturated rings. The number of rotatable bonds is 2. The molecule has 2 amide bonds. The largest absolute Gasteiger partial charge is 0.366 e. The molecule has 3 rings (SSSR count). The van der Waals surface area contributed by atoms with Crippen molar-refractivity contribution in [1.82, 2.24) is 0 Å². The molecular weight excluding hydrogens is 216 g/mol. The van der Waals surface area contributed by atoms with Gasteiger partial charge in [0.15, 0.2) is 0 Å². The van der Waals surface area contributed by atoms with E-state index in [9.17, 15) is 9.59 Å². The maximum absolute atomic E-state index is 12.0. The highest BCUT2D eigenvalue weighted by molar-refractivity contribution is 5.99. The van der Waals surface area contributed by atoms with Crippen LogP contribution in [0.2, 0.25) is 0 Å². The van der Waals surface area contributed by atoms with Crippen molar-refractivity contribution >= 4 is 17.5 Å². The minimum absolute atomic E-state index is 0.232. The molecule has 17 heavy (non-hydrogen) atoms. The Morgan fingerprint density at radius 1 is 1.29 bits per heavy atom. The van der Waals surface area contributed by atoms with Crippen molar-refractivity contribution in [3.8, 4) is 0 Å². The first-order chi connectivity index (χ1) is 8.16. The van der Waals surface area contributed by atoms with E-state index in [1.807, 2.05) is 11.0 Å². The Labute approximate surface area is 99.4 Å². The molecule has 2 aliphatic rings. The summed E-state index contributed by atoms with van der Waals surface area (Å²) in [6, 6.07) is 5.33. The molecule has 88 valence electrons. The molecule has 0 atom stereocenters. The summed E-state index contributed by atoms with van der Waals surface area (Å²) in [5.74, 6) is 0.0483. The molecular formula is C13H14N2O2. The van der Waals surface area contributed by atoms with Gasteiger partial charge in [-0.15, -0.1) is 0 Å². The zero-order valence-corrected chi connectivity index (χ0v) is 9.48. The van der Waals surface area contributed by atoms with Crippen molar-refractivity contribution in [3.05, 3.63) is 29.3 Å². The number of benzene rings is 1. The zero-order valence-electron chi connectivity index (χ0n) is 9.48. The van der Waals surface area contributed by atoms with Gasteiger partial charge in [-0.1, -0.05) is 0 Å². The second kappa shape index (κ2) is 3.58. The molecule has 0 spiro atoms. The standard InChI is InChI=1S/C13H14N2O2/c14-12(16)10-3-4-11-9(7-10)5-6-15(11)13(17)8-1-2-8/h3-4,7-8H,1-2,5-6H2,(H2,14,16). The van der Waals surface area contributed by atoms with Gasteiger partial charge in [0.1, 0.15) is 0 Å². The maximum atomic E-state index is 12.0. The fraction of sp³-hybridized carbons (Fsp3) is 0.385. The van der Waals surface area contributed by atoms with Gasteiger partial charge >= 0.3 is 0 Å². The van der Waals surface area contributed by atoms with E-state index >= 15 is 0 Å². The van der Waals surface area contributed by atoms with Gasteiger partial charge in [0.25, 0.3) is 0 Å². The summed E-state index contributed by atoms with van der Waals surface area (Å²) < 4.78 is 0. The van der Waals surface area contributed by atoms with Gasteiger partial charge in [0, 0.05) is 23.7 Å². The first-order valence-corrected chi connectivity index (χ1v) is 5.91. The van der Waals surface area contributed by atoms with Crippen molar-refractivity contribution in [2.24, 2.45) is 11.7 Å². The van der Waals surface area contributed by atoms with Crippen LogP contribution in [0.5, 0.6) is 0 Å². The minimum atomic E-state index is -0.417. The van der Waals surface area contributed by atoms with E-state index < -0.39 is 5.91 Å². The SMILES string of the molecule is NC(=O)c1ccc2c(c1)CCN2C(=O)C1CC1. The average molecular weight is 230 g/mol. The summed E-state index contributed by atoms with van der Waals surface area (Å²) in [7, 11) is 0. The monoisotopic (exact) mass is 230 g/mol. The highest BCUT2D eigenvalue weighted by atomic mass is 16.2. The van der Waals surface area contributed by atoms with Crippen LogP contribution in [-0.4, -0.2) is 18.4 Å². The topological polar surface area (TPSA) is 63.4 Å². The van der Waals surface area contributed by atoms with Crippen molar-refractivity contribution < 1.29 is 9.59 Å². The Balaban J connectivity index is 1.92. The number of hydrogen-bond donors (Lipinski definition) is 1. The number of carbonyl (C=O) groups excluding carboxylic acids is 2. The first kappa shape index (κ1) is 10.3. The molecule has 0 bridgehead atoms. The third-order valence-corrected chi connectivity index (χ3v) is 3.45. The lowest BCUT2D eigenvalue weighted by Gasteiger charge is -2.17. The highest BCUT2D eigenvalue weighted by Gasteiger charge is 2.36. The van der Waals surface area contributed by atoms with Crippen LogP contribution in [0.15, 0.2) is 18.2 Å². The second-order valence-electron chi connectivity index (χ2n) is 4.72. The normalized spacial score (nSPS) is 18.0. The Morgan fingerprint density at radius 2 is 2.06 bits per heavy atom. The smallest absolute Gasteiger partial charge is 0.248 e. The van der Waals surface area contributed by atoms with E-state index in [0.717, 1.165) is 37.1 Å². The third kappa shape index (κ3) is 1.69. The van der Waals surface area contributed by atoms with Crippen LogP contribution >= 0.6 is 0 Å². The molecule has 4 heteroatoms. The van der Waals surface area contributed by atoms with Crippen LogP contribution in [-0.2, 0) is 11.2 Å². The Morgan fingerprint density at radius 3 is 2.71 bits per heavy atom. The molecule has 1 saturated carbocycles. The summed E-state index contributed by atoms with van der Waals surface area (Å²) in [6.45, 7) is 0.729. The number of nitrogens with zero attached hydrogens (tertiary/aromatic N) is 1. The van der Waals surface area contributed by atoms with Gasteiger partial charge in [-0.05, 0) is 43.0 Å². The fourth-order valence-corrected chi connectivity index (χ4v) is 2.33. The predicted octanol–water partition coefficient (Wildman–Crippen LogP) is 1.08. The summed E-state index contributed by atoms with van der Waals surface area (Å²) >= 11 is 0. The molecule has 4 nitrogen and oxygen atoms in total. The van der Waals surface area contributed by atoms with Crippen molar-refractivity contribution in [2.75, 3.05) is 11.4 Å². The predicted molar refractivity (Wildman–Crippen MR) is 63.7 cm³/mol. The summed E-state index contributed by atoms with van der Waals surface area (Å²) in [5, 5.41) is 0. The van der Waals surface area contributed by atoms with E-state index in [-0.39, 0.29) is 11.8 Å². The molecule has 0 aromatic heterocycles. The van der Waals surface area contributed by atoms with Gasteiger partial charge in [-0.3, -0.25) is 9.59 Å². The number of fused-ring (bicyclic) bond motifs is 1. The maximum Gasteiger partial charge on any atom is 0.248 e. The lowest BCUT2D eigenvalue weighted by molar-refractivity contribution is -0.119. The molecule has 2 N–H and O–H groups in total.